The minimum Gasteiger partial charge on any atom is -0.480 e. The maximum absolute atomic E-state index is 13.1. The molecule has 4 rings (SSSR count). The normalized spacial score (nSPS) is 12.8. The molecule has 0 aliphatic carbocycles. The molecule has 8 nitrogen and oxygen atoms in total. The molecule has 0 aliphatic heterocycles. The Kier molecular flexibility index (Phi) is 7.51. The van der Waals surface area contributed by atoms with Gasteiger partial charge in [0.2, 0.25) is 5.95 Å². The highest BCUT2D eigenvalue weighted by molar-refractivity contribution is 5.83. The van der Waals surface area contributed by atoms with Crippen LogP contribution < -0.4 is 5.32 Å². The van der Waals surface area contributed by atoms with Crippen LogP contribution in [0.2, 0.25) is 0 Å². The minimum atomic E-state index is -4.45. The Morgan fingerprint density at radius 3 is 2.65 bits per heavy atom. The first-order valence-corrected chi connectivity index (χ1v) is 12.1. The van der Waals surface area contributed by atoms with Crippen LogP contribution in [0.3, 0.4) is 0 Å². The van der Waals surface area contributed by atoms with Crippen LogP contribution >= 0.6 is 0 Å². The van der Waals surface area contributed by atoms with Crippen molar-refractivity contribution < 1.29 is 27.5 Å². The van der Waals surface area contributed by atoms with E-state index in [2.05, 4.69) is 27.2 Å². The summed E-state index contributed by atoms with van der Waals surface area (Å²) < 4.78 is 46.5. The van der Waals surface area contributed by atoms with Gasteiger partial charge in [-0.1, -0.05) is 27.2 Å². The molecule has 3 heterocycles. The molecule has 0 spiro atoms. The first-order chi connectivity index (χ1) is 17.5. The van der Waals surface area contributed by atoms with Gasteiger partial charge in [-0.3, -0.25) is 4.57 Å². The number of nitrogens with one attached hydrogen (secondary N) is 1. The Bertz CT molecular complexity index is 1390. The summed E-state index contributed by atoms with van der Waals surface area (Å²) in [7, 11) is 0. The predicted octanol–water partition coefficient (Wildman–Crippen LogP) is 6.35. The van der Waals surface area contributed by atoms with Gasteiger partial charge in [0.15, 0.2) is 5.76 Å². The zero-order chi connectivity index (χ0) is 26.7. The molecule has 11 heteroatoms. The van der Waals surface area contributed by atoms with E-state index in [1.54, 1.807) is 16.8 Å². The lowest BCUT2D eigenvalue weighted by atomic mass is 10.0. The van der Waals surface area contributed by atoms with Gasteiger partial charge in [-0.05, 0) is 49.4 Å². The van der Waals surface area contributed by atoms with Crippen LogP contribution in [0.1, 0.15) is 51.3 Å². The topological polar surface area (TPSA) is 106 Å². The molecule has 0 saturated carbocycles. The van der Waals surface area contributed by atoms with Crippen molar-refractivity contribution in [2.45, 2.75) is 58.7 Å². The maximum atomic E-state index is 13.1. The van der Waals surface area contributed by atoms with Gasteiger partial charge in [0, 0.05) is 23.3 Å². The summed E-state index contributed by atoms with van der Waals surface area (Å²) in [6, 6.07) is 5.75. The van der Waals surface area contributed by atoms with Gasteiger partial charge in [0.05, 0.1) is 5.56 Å². The molecule has 0 radical (unpaired) electrons. The molecular formula is C26H28F3N5O3. The van der Waals surface area contributed by atoms with E-state index in [-0.39, 0.29) is 5.92 Å². The molecule has 0 aliphatic rings. The number of rotatable bonds is 10. The average molecular weight is 516 g/mol. The standard InChI is InChI=1S/C26H28F3N5O3/c1-4-5-6-18-12-23(32-19(24(35)36)9-15(2)3)33-25(31-18)34-13-20(30-14-34)22-11-16-10-17(26(27,28)29)7-8-21(16)37-22/h7-8,10-15,19H,4-6,9H2,1-3H3,(H,35,36)(H,31,32,33)/t19-/m0/s1. The zero-order valence-electron chi connectivity index (χ0n) is 20.7. The van der Waals surface area contributed by atoms with Gasteiger partial charge in [-0.25, -0.2) is 14.8 Å². The third-order valence-electron chi connectivity index (χ3n) is 5.79. The van der Waals surface area contributed by atoms with Crippen LogP contribution in [0, 0.1) is 5.92 Å². The second-order valence-corrected chi connectivity index (χ2v) is 9.34. The second-order valence-electron chi connectivity index (χ2n) is 9.34. The number of fused-ring (bicyclic) bond motifs is 1. The largest absolute Gasteiger partial charge is 0.480 e. The van der Waals surface area contributed by atoms with E-state index in [9.17, 15) is 23.1 Å². The van der Waals surface area contributed by atoms with Crippen LogP contribution in [0.25, 0.3) is 28.4 Å². The number of imidazole rings is 1. The van der Waals surface area contributed by atoms with Gasteiger partial charge in [-0.15, -0.1) is 0 Å². The van der Waals surface area contributed by atoms with E-state index in [1.165, 1.54) is 18.5 Å². The fourth-order valence-electron chi connectivity index (χ4n) is 3.94. The molecule has 0 saturated heterocycles. The molecule has 0 unspecified atom stereocenters. The number of furan rings is 1. The molecule has 0 bridgehead atoms. The number of alkyl halides is 3. The van der Waals surface area contributed by atoms with Crippen LogP contribution in [-0.4, -0.2) is 36.6 Å². The van der Waals surface area contributed by atoms with Crippen molar-refractivity contribution in [3.8, 4) is 17.4 Å². The van der Waals surface area contributed by atoms with E-state index < -0.39 is 23.8 Å². The molecule has 2 N–H and O–H groups in total. The van der Waals surface area contributed by atoms with Crippen molar-refractivity contribution in [2.75, 3.05) is 5.32 Å². The maximum Gasteiger partial charge on any atom is 0.416 e. The van der Waals surface area contributed by atoms with Crippen molar-refractivity contribution in [3.63, 3.8) is 0 Å². The number of hydrogen-bond acceptors (Lipinski definition) is 6. The number of hydrogen-bond donors (Lipinski definition) is 2. The Labute approximate surface area is 211 Å². The molecule has 1 aromatic carbocycles. The summed E-state index contributed by atoms with van der Waals surface area (Å²) in [6.45, 7) is 5.97. The van der Waals surface area contributed by atoms with Gasteiger partial charge in [0.1, 0.15) is 29.5 Å². The summed E-state index contributed by atoms with van der Waals surface area (Å²) in [5, 5.41) is 13.0. The molecule has 196 valence electrons. The van der Waals surface area contributed by atoms with E-state index >= 15 is 0 Å². The summed E-state index contributed by atoms with van der Waals surface area (Å²) in [6.07, 6.45) is 1.63. The molecule has 0 amide bonds. The third kappa shape index (κ3) is 6.28. The number of halogens is 3. The summed E-state index contributed by atoms with van der Waals surface area (Å²) in [4.78, 5) is 25.2. The number of aryl methyl sites for hydroxylation is 1. The highest BCUT2D eigenvalue weighted by Crippen LogP contribution is 2.34. The smallest absolute Gasteiger partial charge is 0.416 e. The van der Waals surface area contributed by atoms with Crippen molar-refractivity contribution in [2.24, 2.45) is 5.92 Å². The molecule has 37 heavy (non-hydrogen) atoms. The molecule has 1 atom stereocenters. The number of aliphatic carboxylic acids is 1. The second kappa shape index (κ2) is 10.6. The lowest BCUT2D eigenvalue weighted by molar-refractivity contribution is -0.138. The van der Waals surface area contributed by atoms with Gasteiger partial charge >= 0.3 is 12.1 Å². The number of aromatic nitrogens is 4. The Balaban J connectivity index is 1.66. The molecular weight excluding hydrogens is 487 g/mol. The number of anilines is 1. The SMILES string of the molecule is CCCCc1cc(N[C@@H](CC(C)C)C(=O)O)nc(-n2cnc(-c3cc4cc(C(F)(F)F)ccc4o3)c2)n1. The van der Waals surface area contributed by atoms with Crippen LogP contribution in [-0.2, 0) is 17.4 Å². The van der Waals surface area contributed by atoms with Crippen molar-refractivity contribution >= 4 is 22.8 Å². The molecule has 4 aromatic rings. The monoisotopic (exact) mass is 515 g/mol. The Morgan fingerprint density at radius 2 is 1.97 bits per heavy atom. The first-order valence-electron chi connectivity index (χ1n) is 12.1. The van der Waals surface area contributed by atoms with Crippen molar-refractivity contribution in [1.29, 1.82) is 0 Å². The quantitative estimate of drug-likeness (QED) is 0.254. The van der Waals surface area contributed by atoms with Crippen molar-refractivity contribution in [3.05, 3.63) is 54.1 Å². The lowest BCUT2D eigenvalue weighted by Gasteiger charge is -2.18. The van der Waals surface area contributed by atoms with Gasteiger partial charge in [0.25, 0.3) is 0 Å². The van der Waals surface area contributed by atoms with E-state index in [0.29, 0.717) is 47.0 Å². The highest BCUT2D eigenvalue weighted by atomic mass is 19.4. The third-order valence-corrected chi connectivity index (χ3v) is 5.79. The van der Waals surface area contributed by atoms with Crippen LogP contribution in [0.5, 0.6) is 0 Å². The number of carboxylic acids is 1. The fraction of sp³-hybridized carbons (Fsp3) is 0.385. The van der Waals surface area contributed by atoms with Crippen LogP contribution in [0.4, 0.5) is 19.0 Å². The lowest BCUT2D eigenvalue weighted by Crippen LogP contribution is -2.31. The molecule has 0 fully saturated rings. The predicted molar refractivity (Wildman–Crippen MR) is 132 cm³/mol. The number of unbranched alkanes of at least 4 members (excludes halogenated alkanes) is 1. The number of carboxylic acid groups (broad SMARTS) is 1. The summed E-state index contributed by atoms with van der Waals surface area (Å²) in [5.41, 5.74) is 0.700. The summed E-state index contributed by atoms with van der Waals surface area (Å²) in [5.74, 6) is 0.187. The zero-order valence-corrected chi connectivity index (χ0v) is 20.7. The number of nitrogens with zero attached hydrogens (tertiary/aromatic N) is 4. The average Bonchev–Trinajstić information content (AvgIpc) is 3.48. The van der Waals surface area contributed by atoms with Gasteiger partial charge < -0.3 is 14.8 Å². The Morgan fingerprint density at radius 1 is 1.19 bits per heavy atom. The summed E-state index contributed by atoms with van der Waals surface area (Å²) >= 11 is 0. The fourth-order valence-corrected chi connectivity index (χ4v) is 3.94. The minimum absolute atomic E-state index is 0.168. The number of benzene rings is 1. The Hall–Kier alpha value is -3.89. The van der Waals surface area contributed by atoms with Gasteiger partial charge in [-0.2, -0.15) is 18.2 Å². The van der Waals surface area contributed by atoms with E-state index in [4.69, 9.17) is 4.42 Å². The van der Waals surface area contributed by atoms with Crippen LogP contribution in [0.15, 0.2) is 47.3 Å². The van der Waals surface area contributed by atoms with Crippen molar-refractivity contribution in [1.82, 2.24) is 19.5 Å². The first kappa shape index (κ1) is 26.2. The van der Waals surface area contributed by atoms with E-state index in [0.717, 1.165) is 30.7 Å². The highest BCUT2D eigenvalue weighted by Gasteiger charge is 2.31. The number of carbonyl (C=O) groups is 1. The molecule has 3 aromatic heterocycles. The van der Waals surface area contributed by atoms with E-state index in [1.807, 2.05) is 13.8 Å².